The van der Waals surface area contributed by atoms with E-state index in [1.54, 1.807) is 0 Å². The van der Waals surface area contributed by atoms with Crippen molar-refractivity contribution >= 4 is 5.91 Å². The van der Waals surface area contributed by atoms with Gasteiger partial charge < -0.3 is 10.1 Å². The quantitative estimate of drug-likeness (QED) is 0.906. The van der Waals surface area contributed by atoms with Crippen LogP contribution in [0.1, 0.15) is 42.0 Å². The Morgan fingerprint density at radius 1 is 1.23 bits per heavy atom. The van der Waals surface area contributed by atoms with Gasteiger partial charge in [-0.3, -0.25) is 4.79 Å². The fraction of sp³-hybridized carbons (Fsp3) is 0.632. The lowest BCUT2D eigenvalue weighted by Gasteiger charge is -2.27. The number of aryl methyl sites for hydroxylation is 3. The number of carbonyl (C=O) groups is 1. The van der Waals surface area contributed by atoms with Crippen LogP contribution in [0.3, 0.4) is 0 Å². The molecule has 1 amide bonds. The van der Waals surface area contributed by atoms with Gasteiger partial charge in [0.1, 0.15) is 0 Å². The minimum atomic E-state index is 0.0871. The molecule has 0 saturated carbocycles. The summed E-state index contributed by atoms with van der Waals surface area (Å²) in [7, 11) is 0. The molecule has 1 N–H and O–H groups in total. The molecule has 1 atom stereocenters. The molecular weight excluding hydrogens is 274 g/mol. The zero-order valence-electron chi connectivity index (χ0n) is 14.4. The minimum Gasteiger partial charge on any atom is -0.381 e. The first-order chi connectivity index (χ1) is 10.5. The van der Waals surface area contributed by atoms with Gasteiger partial charge in [-0.15, -0.1) is 0 Å². The Labute approximate surface area is 134 Å². The summed E-state index contributed by atoms with van der Waals surface area (Å²) in [5, 5.41) is 3.12. The van der Waals surface area contributed by atoms with Crippen molar-refractivity contribution in [1.29, 1.82) is 0 Å². The molecule has 1 heterocycles. The van der Waals surface area contributed by atoms with Crippen molar-refractivity contribution < 1.29 is 9.53 Å². The van der Waals surface area contributed by atoms with Gasteiger partial charge in [0.25, 0.3) is 0 Å². The van der Waals surface area contributed by atoms with Crippen LogP contribution < -0.4 is 5.32 Å². The number of hydrogen-bond acceptors (Lipinski definition) is 2. The number of benzene rings is 1. The second kappa shape index (κ2) is 7.77. The zero-order valence-corrected chi connectivity index (χ0v) is 14.4. The van der Waals surface area contributed by atoms with Gasteiger partial charge in [0, 0.05) is 25.7 Å². The predicted octanol–water partition coefficient (Wildman–Crippen LogP) is 3.33. The summed E-state index contributed by atoms with van der Waals surface area (Å²) < 4.78 is 5.37. The third-order valence-corrected chi connectivity index (χ3v) is 4.90. The van der Waals surface area contributed by atoms with Crippen molar-refractivity contribution in [3.05, 3.63) is 34.4 Å². The number of carbonyl (C=O) groups excluding carboxylic acids is 1. The maximum absolute atomic E-state index is 12.3. The van der Waals surface area contributed by atoms with Gasteiger partial charge in [0.15, 0.2) is 0 Å². The third kappa shape index (κ3) is 4.33. The van der Waals surface area contributed by atoms with E-state index in [0.717, 1.165) is 39.0 Å². The number of nitrogens with one attached hydrogen (secondary N) is 1. The molecule has 2 rings (SSSR count). The molecule has 22 heavy (non-hydrogen) atoms. The number of ether oxygens (including phenoxy) is 1. The molecule has 1 fully saturated rings. The summed E-state index contributed by atoms with van der Waals surface area (Å²) in [4.78, 5) is 12.3. The molecule has 0 spiro atoms. The Balaban J connectivity index is 1.84. The molecule has 3 heteroatoms. The van der Waals surface area contributed by atoms with Crippen molar-refractivity contribution in [2.75, 3.05) is 19.8 Å². The highest BCUT2D eigenvalue weighted by Gasteiger charge is 2.25. The molecular formula is C19H29NO2. The van der Waals surface area contributed by atoms with Crippen LogP contribution in [0.25, 0.3) is 0 Å². The summed E-state index contributed by atoms with van der Waals surface area (Å²) >= 11 is 0. The Morgan fingerprint density at radius 3 is 2.41 bits per heavy atom. The average Bonchev–Trinajstić information content (AvgIpc) is 2.49. The Kier molecular flexibility index (Phi) is 6.01. The first kappa shape index (κ1) is 17.0. The van der Waals surface area contributed by atoms with Crippen LogP contribution in [-0.4, -0.2) is 25.7 Å². The topological polar surface area (TPSA) is 38.3 Å². The van der Waals surface area contributed by atoms with E-state index in [9.17, 15) is 4.79 Å². The summed E-state index contributed by atoms with van der Waals surface area (Å²) in [5.74, 6) is 0.745. The van der Waals surface area contributed by atoms with Gasteiger partial charge >= 0.3 is 0 Å². The van der Waals surface area contributed by atoms with E-state index in [1.807, 2.05) is 6.92 Å². The third-order valence-electron chi connectivity index (χ3n) is 4.90. The van der Waals surface area contributed by atoms with Crippen LogP contribution in [0.2, 0.25) is 0 Å². The highest BCUT2D eigenvalue weighted by atomic mass is 16.5. The normalized spacial score (nSPS) is 17.3. The molecule has 1 saturated heterocycles. The van der Waals surface area contributed by atoms with Crippen LogP contribution in [0.15, 0.2) is 12.1 Å². The molecule has 0 aromatic heterocycles. The van der Waals surface area contributed by atoms with Crippen LogP contribution in [0.5, 0.6) is 0 Å². The number of hydrogen-bond donors (Lipinski definition) is 1. The molecule has 1 aromatic rings. The van der Waals surface area contributed by atoms with Crippen LogP contribution in [0.4, 0.5) is 0 Å². The van der Waals surface area contributed by atoms with Gasteiger partial charge in [-0.1, -0.05) is 24.6 Å². The lowest BCUT2D eigenvalue weighted by atomic mass is 9.86. The molecule has 3 nitrogen and oxygen atoms in total. The van der Waals surface area contributed by atoms with E-state index in [2.05, 4.69) is 38.2 Å². The second-order valence-electron chi connectivity index (χ2n) is 6.66. The van der Waals surface area contributed by atoms with Gasteiger partial charge in [0.05, 0.1) is 0 Å². The largest absolute Gasteiger partial charge is 0.381 e. The molecule has 0 bridgehead atoms. The summed E-state index contributed by atoms with van der Waals surface area (Å²) in [6, 6.07) is 4.43. The smallest absolute Gasteiger partial charge is 0.223 e. The zero-order chi connectivity index (χ0) is 16.1. The molecule has 0 aliphatic carbocycles. The van der Waals surface area contributed by atoms with Crippen molar-refractivity contribution in [1.82, 2.24) is 5.32 Å². The van der Waals surface area contributed by atoms with E-state index in [0.29, 0.717) is 5.92 Å². The monoisotopic (exact) mass is 303 g/mol. The molecule has 1 aliphatic rings. The fourth-order valence-corrected chi connectivity index (χ4v) is 3.51. The van der Waals surface area contributed by atoms with Crippen LogP contribution >= 0.6 is 0 Å². The van der Waals surface area contributed by atoms with E-state index >= 15 is 0 Å². The van der Waals surface area contributed by atoms with Crippen molar-refractivity contribution in [3.63, 3.8) is 0 Å². The molecule has 0 radical (unpaired) electrons. The van der Waals surface area contributed by atoms with Crippen molar-refractivity contribution in [2.24, 2.45) is 11.8 Å². The summed E-state index contributed by atoms with van der Waals surface area (Å²) in [5.41, 5.74) is 5.31. The van der Waals surface area contributed by atoms with Gasteiger partial charge in [-0.25, -0.2) is 0 Å². The van der Waals surface area contributed by atoms with Gasteiger partial charge in [-0.2, -0.15) is 0 Å². The Hall–Kier alpha value is -1.35. The van der Waals surface area contributed by atoms with Gasteiger partial charge in [0.2, 0.25) is 5.91 Å². The predicted molar refractivity (Wildman–Crippen MR) is 90.1 cm³/mol. The molecule has 1 aromatic carbocycles. The van der Waals surface area contributed by atoms with Crippen molar-refractivity contribution in [2.45, 2.75) is 47.0 Å². The first-order valence-corrected chi connectivity index (χ1v) is 8.41. The van der Waals surface area contributed by atoms with E-state index < -0.39 is 0 Å². The Bertz CT molecular complexity index is 495. The minimum absolute atomic E-state index is 0.0871. The highest BCUT2D eigenvalue weighted by Crippen LogP contribution is 2.23. The lowest BCUT2D eigenvalue weighted by molar-refractivity contribution is -0.127. The SMILES string of the molecule is Cc1cc(C)c(CCNC(=O)[C@@H](C)C2CCOCC2)c(C)c1. The fourth-order valence-electron chi connectivity index (χ4n) is 3.51. The van der Waals surface area contributed by atoms with Crippen molar-refractivity contribution in [3.8, 4) is 0 Å². The first-order valence-electron chi connectivity index (χ1n) is 8.41. The van der Waals surface area contributed by atoms with Crippen LogP contribution in [0, 0.1) is 32.6 Å². The maximum atomic E-state index is 12.3. The standard InChI is InChI=1S/C19H29NO2/c1-13-11-14(2)18(15(3)12-13)5-8-20-19(21)16(4)17-6-9-22-10-7-17/h11-12,16-17H,5-10H2,1-4H3,(H,20,21)/t16-/m0/s1. The Morgan fingerprint density at radius 2 is 1.82 bits per heavy atom. The average molecular weight is 303 g/mol. The van der Waals surface area contributed by atoms with E-state index in [1.165, 1.54) is 22.3 Å². The molecule has 0 unspecified atom stereocenters. The highest BCUT2D eigenvalue weighted by molar-refractivity contribution is 5.78. The molecule has 122 valence electrons. The number of rotatable bonds is 5. The lowest BCUT2D eigenvalue weighted by Crippen LogP contribution is -2.36. The number of amides is 1. The summed E-state index contributed by atoms with van der Waals surface area (Å²) in [6.07, 6.45) is 2.92. The van der Waals surface area contributed by atoms with E-state index in [-0.39, 0.29) is 11.8 Å². The molecule has 1 aliphatic heterocycles. The second-order valence-corrected chi connectivity index (χ2v) is 6.66. The van der Waals surface area contributed by atoms with Gasteiger partial charge in [-0.05, 0) is 62.6 Å². The van der Waals surface area contributed by atoms with E-state index in [4.69, 9.17) is 4.74 Å². The van der Waals surface area contributed by atoms with Crippen LogP contribution in [-0.2, 0) is 16.0 Å². The maximum Gasteiger partial charge on any atom is 0.223 e. The summed E-state index contributed by atoms with van der Waals surface area (Å²) in [6.45, 7) is 10.8.